The summed E-state index contributed by atoms with van der Waals surface area (Å²) >= 11 is 2.28. The number of hydrogen-bond acceptors (Lipinski definition) is 6. The molecule has 122 valence electrons. The van der Waals surface area contributed by atoms with E-state index >= 15 is 0 Å². The molecular formula is C16H12N2O4S2. The fourth-order valence-corrected chi connectivity index (χ4v) is 3.59. The first-order valence-electron chi connectivity index (χ1n) is 6.91. The molecule has 0 radical (unpaired) electrons. The molecule has 3 rings (SSSR count). The Morgan fingerprint density at radius 3 is 2.62 bits per heavy atom. The topological polar surface area (TPSA) is 86.7 Å². The Morgan fingerprint density at radius 2 is 1.96 bits per heavy atom. The molecule has 1 aromatic carbocycles. The van der Waals surface area contributed by atoms with Crippen LogP contribution in [0.1, 0.15) is 4.88 Å². The second-order valence-corrected chi connectivity index (χ2v) is 6.85. The molecule has 6 nitrogen and oxygen atoms in total. The van der Waals surface area contributed by atoms with Crippen molar-refractivity contribution < 1.29 is 19.5 Å². The van der Waals surface area contributed by atoms with Crippen LogP contribution < -0.4 is 5.32 Å². The van der Waals surface area contributed by atoms with E-state index < -0.39 is 17.1 Å². The maximum Gasteiger partial charge on any atom is 0.294 e. The number of hydrogen-bond donors (Lipinski definition) is 2. The Bertz CT molecular complexity index is 813. The van der Waals surface area contributed by atoms with Gasteiger partial charge in [-0.1, -0.05) is 6.07 Å². The van der Waals surface area contributed by atoms with Crippen LogP contribution in [-0.2, 0) is 9.59 Å². The lowest BCUT2D eigenvalue weighted by Gasteiger charge is -2.12. The first-order valence-corrected chi connectivity index (χ1v) is 8.60. The fraction of sp³-hybridized carbons (Fsp3) is 0.0625. The Morgan fingerprint density at radius 1 is 1.21 bits per heavy atom. The molecule has 0 unspecified atom stereocenters. The molecule has 2 N–H and O–H groups in total. The fourth-order valence-electron chi connectivity index (χ4n) is 2.03. The molecule has 3 amide bonds. The SMILES string of the molecule is O=C(CN1C(=O)S/C(=C\c2cccs2)C1=O)Nc1ccc(O)cc1. The lowest BCUT2D eigenvalue weighted by molar-refractivity contribution is -0.127. The molecule has 1 aliphatic heterocycles. The molecule has 0 bridgehead atoms. The van der Waals surface area contributed by atoms with Crippen molar-refractivity contribution >= 4 is 51.9 Å². The van der Waals surface area contributed by atoms with E-state index in [0.717, 1.165) is 21.5 Å². The number of benzene rings is 1. The molecule has 0 spiro atoms. The van der Waals surface area contributed by atoms with Crippen LogP contribution in [0.15, 0.2) is 46.7 Å². The molecule has 0 saturated carbocycles. The minimum Gasteiger partial charge on any atom is -0.508 e. The number of thiophene rings is 1. The van der Waals surface area contributed by atoms with Gasteiger partial charge in [0.2, 0.25) is 5.91 Å². The van der Waals surface area contributed by atoms with Crippen LogP contribution in [0, 0.1) is 0 Å². The summed E-state index contributed by atoms with van der Waals surface area (Å²) in [6.07, 6.45) is 1.65. The van der Waals surface area contributed by atoms with E-state index in [1.807, 2.05) is 17.5 Å². The number of aromatic hydroxyl groups is 1. The number of carbonyl (C=O) groups excluding carboxylic acids is 3. The molecule has 1 aromatic heterocycles. The summed E-state index contributed by atoms with van der Waals surface area (Å²) in [4.78, 5) is 38.4. The zero-order valence-electron chi connectivity index (χ0n) is 12.3. The van der Waals surface area contributed by atoms with E-state index in [9.17, 15) is 19.5 Å². The van der Waals surface area contributed by atoms with Gasteiger partial charge in [0, 0.05) is 10.6 Å². The Labute approximate surface area is 145 Å². The minimum absolute atomic E-state index is 0.0812. The van der Waals surface area contributed by atoms with Gasteiger partial charge in [-0.25, -0.2) is 0 Å². The number of thioether (sulfide) groups is 1. The van der Waals surface area contributed by atoms with Gasteiger partial charge in [0.25, 0.3) is 11.1 Å². The van der Waals surface area contributed by atoms with Crippen molar-refractivity contribution in [1.82, 2.24) is 4.90 Å². The highest BCUT2D eigenvalue weighted by Crippen LogP contribution is 2.32. The number of carbonyl (C=O) groups is 3. The van der Waals surface area contributed by atoms with Gasteiger partial charge in [-0.05, 0) is 53.5 Å². The lowest BCUT2D eigenvalue weighted by Crippen LogP contribution is -2.36. The molecule has 0 atom stereocenters. The van der Waals surface area contributed by atoms with Crippen molar-refractivity contribution in [2.45, 2.75) is 0 Å². The smallest absolute Gasteiger partial charge is 0.294 e. The van der Waals surface area contributed by atoms with E-state index in [0.29, 0.717) is 10.6 Å². The normalized spacial score (nSPS) is 16.0. The lowest BCUT2D eigenvalue weighted by atomic mass is 10.3. The molecular weight excluding hydrogens is 348 g/mol. The molecule has 1 saturated heterocycles. The van der Waals surface area contributed by atoms with Crippen LogP contribution >= 0.6 is 23.1 Å². The van der Waals surface area contributed by atoms with Crippen molar-refractivity contribution in [3.63, 3.8) is 0 Å². The van der Waals surface area contributed by atoms with Gasteiger partial charge in [-0.15, -0.1) is 11.3 Å². The summed E-state index contributed by atoms with van der Waals surface area (Å²) in [6, 6.07) is 9.61. The number of phenolic OH excluding ortho intramolecular Hbond substituents is 1. The average molecular weight is 360 g/mol. The summed E-state index contributed by atoms with van der Waals surface area (Å²) in [7, 11) is 0. The first kappa shape index (κ1) is 16.3. The Balaban J connectivity index is 1.66. The standard InChI is InChI=1S/C16H12N2O4S2/c19-11-5-3-10(4-6-11)17-14(20)9-18-15(21)13(24-16(18)22)8-12-2-1-7-23-12/h1-8,19H,9H2,(H,17,20)/b13-8-. The van der Waals surface area contributed by atoms with Gasteiger partial charge in [-0.3, -0.25) is 19.3 Å². The number of nitrogens with one attached hydrogen (secondary N) is 1. The van der Waals surface area contributed by atoms with Crippen molar-refractivity contribution in [3.05, 3.63) is 51.6 Å². The summed E-state index contributed by atoms with van der Waals surface area (Å²) in [5.41, 5.74) is 0.471. The predicted octanol–water partition coefficient (Wildman–Crippen LogP) is 3.13. The highest BCUT2D eigenvalue weighted by molar-refractivity contribution is 8.18. The number of nitrogens with zero attached hydrogens (tertiary/aromatic N) is 1. The maximum atomic E-state index is 12.3. The quantitative estimate of drug-likeness (QED) is 0.646. The van der Waals surface area contributed by atoms with Crippen molar-refractivity contribution in [2.75, 3.05) is 11.9 Å². The summed E-state index contributed by atoms with van der Waals surface area (Å²) in [6.45, 7) is -0.354. The number of imide groups is 1. The van der Waals surface area contributed by atoms with E-state index in [1.54, 1.807) is 6.08 Å². The van der Waals surface area contributed by atoms with Crippen molar-refractivity contribution in [2.24, 2.45) is 0 Å². The number of amides is 3. The van der Waals surface area contributed by atoms with Gasteiger partial charge < -0.3 is 10.4 Å². The number of phenols is 1. The van der Waals surface area contributed by atoms with Crippen LogP contribution in [0.25, 0.3) is 6.08 Å². The largest absolute Gasteiger partial charge is 0.508 e. The zero-order chi connectivity index (χ0) is 17.1. The monoisotopic (exact) mass is 360 g/mol. The second-order valence-electron chi connectivity index (χ2n) is 4.88. The van der Waals surface area contributed by atoms with Crippen molar-refractivity contribution in [1.29, 1.82) is 0 Å². The molecule has 8 heteroatoms. The molecule has 2 aromatic rings. The maximum absolute atomic E-state index is 12.3. The molecule has 24 heavy (non-hydrogen) atoms. The third kappa shape index (κ3) is 3.66. The highest BCUT2D eigenvalue weighted by atomic mass is 32.2. The van der Waals surface area contributed by atoms with Crippen LogP contribution in [-0.4, -0.2) is 33.6 Å². The summed E-state index contributed by atoms with van der Waals surface area (Å²) < 4.78 is 0. The van der Waals surface area contributed by atoms with Crippen LogP contribution in [0.2, 0.25) is 0 Å². The number of anilines is 1. The highest BCUT2D eigenvalue weighted by Gasteiger charge is 2.36. The van der Waals surface area contributed by atoms with E-state index in [1.165, 1.54) is 35.6 Å². The zero-order valence-corrected chi connectivity index (χ0v) is 13.9. The van der Waals surface area contributed by atoms with Gasteiger partial charge in [0.05, 0.1) is 4.91 Å². The average Bonchev–Trinajstić information content (AvgIpc) is 3.14. The first-order chi connectivity index (χ1) is 11.5. The predicted molar refractivity (Wildman–Crippen MR) is 93.7 cm³/mol. The summed E-state index contributed by atoms with van der Waals surface area (Å²) in [5, 5.41) is 13.2. The third-order valence-electron chi connectivity index (χ3n) is 3.14. The third-order valence-corrected chi connectivity index (χ3v) is 4.87. The molecule has 1 fully saturated rings. The van der Waals surface area contributed by atoms with Gasteiger partial charge >= 0.3 is 0 Å². The van der Waals surface area contributed by atoms with Gasteiger partial charge in [0.15, 0.2) is 0 Å². The van der Waals surface area contributed by atoms with E-state index in [-0.39, 0.29) is 12.3 Å². The Kier molecular flexibility index (Phi) is 4.68. The van der Waals surface area contributed by atoms with E-state index in [2.05, 4.69) is 5.32 Å². The summed E-state index contributed by atoms with van der Waals surface area (Å²) in [5.74, 6) is -0.878. The Hall–Kier alpha value is -2.58. The van der Waals surface area contributed by atoms with E-state index in [4.69, 9.17) is 0 Å². The molecule has 0 aliphatic carbocycles. The van der Waals surface area contributed by atoms with Gasteiger partial charge in [-0.2, -0.15) is 0 Å². The van der Waals surface area contributed by atoms with Crippen molar-refractivity contribution in [3.8, 4) is 5.75 Å². The second kappa shape index (κ2) is 6.90. The molecule has 1 aliphatic rings. The molecule has 2 heterocycles. The minimum atomic E-state index is -0.486. The van der Waals surface area contributed by atoms with Crippen LogP contribution in [0.3, 0.4) is 0 Å². The van der Waals surface area contributed by atoms with Gasteiger partial charge in [0.1, 0.15) is 12.3 Å². The number of rotatable bonds is 4. The van der Waals surface area contributed by atoms with Crippen LogP contribution in [0.5, 0.6) is 5.75 Å². The van der Waals surface area contributed by atoms with Crippen LogP contribution in [0.4, 0.5) is 10.5 Å².